The van der Waals surface area contributed by atoms with Crippen LogP contribution in [0.15, 0.2) is 34.5 Å². The molecule has 8 nitrogen and oxygen atoms in total. The van der Waals surface area contributed by atoms with Crippen LogP contribution >= 0.6 is 22.9 Å². The molecule has 1 aromatic carbocycles. The van der Waals surface area contributed by atoms with Gasteiger partial charge in [-0.25, -0.2) is 18.2 Å². The first-order chi connectivity index (χ1) is 13.8. The molecule has 0 spiro atoms. The van der Waals surface area contributed by atoms with Crippen molar-refractivity contribution in [1.29, 1.82) is 0 Å². The number of aromatic nitrogens is 1. The summed E-state index contributed by atoms with van der Waals surface area (Å²) < 4.78 is 31.7. The van der Waals surface area contributed by atoms with E-state index in [1.807, 2.05) is 0 Å². The van der Waals surface area contributed by atoms with Gasteiger partial charge in [-0.15, -0.1) is 11.3 Å². The molecule has 156 valence electrons. The smallest absolute Gasteiger partial charge is 0.357 e. The second-order valence-corrected chi connectivity index (χ2v) is 9.61. The summed E-state index contributed by atoms with van der Waals surface area (Å²) in [5.41, 5.74) is 0.149. The zero-order chi connectivity index (χ0) is 21.0. The van der Waals surface area contributed by atoms with Gasteiger partial charge in [0.2, 0.25) is 15.9 Å². The quantitative estimate of drug-likeness (QED) is 0.668. The zero-order valence-corrected chi connectivity index (χ0v) is 18.0. The maximum atomic E-state index is 12.7. The lowest BCUT2D eigenvalue weighted by molar-refractivity contribution is -0.120. The van der Waals surface area contributed by atoms with E-state index in [2.05, 4.69) is 10.3 Å². The second kappa shape index (κ2) is 9.21. The molecule has 1 amide bonds. The van der Waals surface area contributed by atoms with E-state index in [-0.39, 0.29) is 42.1 Å². The third-order valence-corrected chi connectivity index (χ3v) is 7.42. The normalized spacial score (nSPS) is 15.8. The molecule has 2 heterocycles. The number of benzene rings is 1. The van der Waals surface area contributed by atoms with Crippen molar-refractivity contribution < 1.29 is 22.7 Å². The van der Waals surface area contributed by atoms with Gasteiger partial charge >= 0.3 is 5.97 Å². The summed E-state index contributed by atoms with van der Waals surface area (Å²) in [4.78, 5) is 28.4. The third kappa shape index (κ3) is 5.13. The van der Waals surface area contributed by atoms with Crippen molar-refractivity contribution in [1.82, 2.24) is 9.29 Å². The van der Waals surface area contributed by atoms with Crippen LogP contribution in [0.5, 0.6) is 0 Å². The van der Waals surface area contributed by atoms with Crippen LogP contribution in [-0.4, -0.2) is 49.3 Å². The van der Waals surface area contributed by atoms with Gasteiger partial charge in [0.1, 0.15) is 0 Å². The lowest BCUT2D eigenvalue weighted by Gasteiger charge is -2.30. The summed E-state index contributed by atoms with van der Waals surface area (Å²) in [6.07, 6.45) is 0.795. The number of thiazole rings is 1. The lowest BCUT2D eigenvalue weighted by atomic mass is 9.97. The van der Waals surface area contributed by atoms with Gasteiger partial charge in [-0.05, 0) is 44.0 Å². The van der Waals surface area contributed by atoms with Gasteiger partial charge in [0.25, 0.3) is 0 Å². The zero-order valence-electron chi connectivity index (χ0n) is 15.6. The predicted molar refractivity (Wildman–Crippen MR) is 110 cm³/mol. The number of carbonyl (C=O) groups is 2. The fourth-order valence-corrected chi connectivity index (χ4v) is 5.23. The highest BCUT2D eigenvalue weighted by molar-refractivity contribution is 7.89. The lowest BCUT2D eigenvalue weighted by Crippen LogP contribution is -2.41. The van der Waals surface area contributed by atoms with Crippen LogP contribution in [0.3, 0.4) is 0 Å². The Hall–Kier alpha value is -2.01. The first kappa shape index (κ1) is 21.7. The van der Waals surface area contributed by atoms with Crippen molar-refractivity contribution in [3.8, 4) is 0 Å². The number of carbonyl (C=O) groups excluding carboxylic acids is 2. The highest BCUT2D eigenvalue weighted by Gasteiger charge is 2.32. The summed E-state index contributed by atoms with van der Waals surface area (Å²) in [5.74, 6) is -1.11. The number of nitrogens with zero attached hydrogens (tertiary/aromatic N) is 2. The van der Waals surface area contributed by atoms with Crippen LogP contribution < -0.4 is 5.32 Å². The van der Waals surface area contributed by atoms with Crippen LogP contribution in [0.1, 0.15) is 30.3 Å². The van der Waals surface area contributed by atoms with Gasteiger partial charge in [-0.2, -0.15) is 4.31 Å². The molecule has 1 aliphatic heterocycles. The van der Waals surface area contributed by atoms with Crippen molar-refractivity contribution in [2.45, 2.75) is 24.7 Å². The third-order valence-electron chi connectivity index (χ3n) is 4.50. The maximum absolute atomic E-state index is 12.7. The minimum atomic E-state index is -3.62. The van der Waals surface area contributed by atoms with Crippen LogP contribution in [0.25, 0.3) is 0 Å². The number of esters is 1. The van der Waals surface area contributed by atoms with E-state index in [9.17, 15) is 18.0 Å². The van der Waals surface area contributed by atoms with E-state index in [0.29, 0.717) is 23.0 Å². The summed E-state index contributed by atoms with van der Waals surface area (Å²) in [6.45, 7) is 2.44. The number of piperidine rings is 1. The Labute approximate surface area is 177 Å². The number of rotatable bonds is 6. The molecular weight excluding hydrogens is 438 g/mol. The van der Waals surface area contributed by atoms with E-state index in [1.54, 1.807) is 6.92 Å². The van der Waals surface area contributed by atoms with E-state index >= 15 is 0 Å². The number of hydrogen-bond acceptors (Lipinski definition) is 7. The molecule has 0 aliphatic carbocycles. The van der Waals surface area contributed by atoms with Crippen molar-refractivity contribution in [3.05, 3.63) is 40.4 Å². The molecule has 1 aliphatic rings. The first-order valence-corrected chi connectivity index (χ1v) is 11.7. The Morgan fingerprint density at radius 2 is 1.93 bits per heavy atom. The number of ether oxygens (including phenoxy) is 1. The van der Waals surface area contributed by atoms with E-state index in [0.717, 1.165) is 11.3 Å². The van der Waals surface area contributed by atoms with Gasteiger partial charge in [-0.1, -0.05) is 11.6 Å². The highest BCUT2D eigenvalue weighted by Crippen LogP contribution is 2.26. The van der Waals surface area contributed by atoms with Crippen LogP contribution in [0.2, 0.25) is 5.02 Å². The maximum Gasteiger partial charge on any atom is 0.357 e. The minimum absolute atomic E-state index is 0.149. The first-order valence-electron chi connectivity index (χ1n) is 9.00. The summed E-state index contributed by atoms with van der Waals surface area (Å²) >= 11 is 6.96. The molecule has 0 unspecified atom stereocenters. The van der Waals surface area contributed by atoms with Crippen LogP contribution in [0, 0.1) is 5.92 Å². The number of anilines is 1. The molecule has 0 radical (unpaired) electrons. The van der Waals surface area contributed by atoms with Crippen molar-refractivity contribution >= 4 is 50.0 Å². The highest BCUT2D eigenvalue weighted by atomic mass is 35.5. The molecule has 1 N–H and O–H groups in total. The molecule has 2 aromatic rings. The topological polar surface area (TPSA) is 106 Å². The molecule has 29 heavy (non-hydrogen) atoms. The SMILES string of the molecule is CCOC(=O)c1csc(NC(=O)C2CCN(S(=O)(=O)c3ccc(Cl)cc3)CC2)n1. The monoisotopic (exact) mass is 457 g/mol. The molecule has 11 heteroatoms. The fraction of sp³-hybridized carbons (Fsp3) is 0.389. The Kier molecular flexibility index (Phi) is 6.89. The van der Waals surface area contributed by atoms with Gasteiger partial charge in [0.15, 0.2) is 10.8 Å². The summed E-state index contributed by atoms with van der Waals surface area (Å²) in [6, 6.07) is 6.01. The van der Waals surface area contributed by atoms with Crippen molar-refractivity contribution in [2.75, 3.05) is 25.0 Å². The predicted octanol–water partition coefficient (Wildman–Crippen LogP) is 3.01. The number of nitrogens with one attached hydrogen (secondary N) is 1. The van der Waals surface area contributed by atoms with Gasteiger partial charge in [-0.3, -0.25) is 4.79 Å². The fourth-order valence-electron chi connectivity index (χ4n) is 2.95. The molecule has 0 saturated carbocycles. The van der Waals surface area contributed by atoms with Crippen molar-refractivity contribution in [3.63, 3.8) is 0 Å². The largest absolute Gasteiger partial charge is 0.461 e. The van der Waals surface area contributed by atoms with E-state index < -0.39 is 16.0 Å². The van der Waals surface area contributed by atoms with Crippen LogP contribution in [-0.2, 0) is 19.6 Å². The molecule has 1 fully saturated rings. The standard InChI is InChI=1S/C18H20ClN3O5S2/c1-2-27-17(24)15-11-28-18(20-15)21-16(23)12-7-9-22(10-8-12)29(25,26)14-5-3-13(19)4-6-14/h3-6,11-12H,2,7-10H2,1H3,(H,20,21,23). The Bertz CT molecular complexity index is 983. The molecule has 1 aromatic heterocycles. The van der Waals surface area contributed by atoms with Crippen LogP contribution in [0.4, 0.5) is 5.13 Å². The number of sulfonamides is 1. The Morgan fingerprint density at radius 1 is 1.28 bits per heavy atom. The average Bonchev–Trinajstić information content (AvgIpc) is 3.17. The summed E-state index contributed by atoms with van der Waals surface area (Å²) in [5, 5.41) is 5.00. The second-order valence-electron chi connectivity index (χ2n) is 6.38. The summed E-state index contributed by atoms with van der Waals surface area (Å²) in [7, 11) is -3.62. The minimum Gasteiger partial charge on any atom is -0.461 e. The Morgan fingerprint density at radius 3 is 2.55 bits per heavy atom. The van der Waals surface area contributed by atoms with Crippen molar-refractivity contribution in [2.24, 2.45) is 5.92 Å². The van der Waals surface area contributed by atoms with Gasteiger partial charge in [0.05, 0.1) is 11.5 Å². The van der Waals surface area contributed by atoms with Gasteiger partial charge < -0.3 is 10.1 Å². The molecule has 3 rings (SSSR count). The average molecular weight is 458 g/mol. The molecular formula is C18H20ClN3O5S2. The van der Waals surface area contributed by atoms with Gasteiger partial charge in [0, 0.05) is 29.4 Å². The number of hydrogen-bond donors (Lipinski definition) is 1. The molecule has 1 saturated heterocycles. The van der Waals surface area contributed by atoms with E-state index in [4.69, 9.17) is 16.3 Å². The Balaban J connectivity index is 1.57. The molecule has 0 bridgehead atoms. The number of amides is 1. The molecule has 0 atom stereocenters. The van der Waals surface area contributed by atoms with E-state index in [1.165, 1.54) is 34.0 Å². The number of halogens is 1.